The van der Waals surface area contributed by atoms with Crippen molar-refractivity contribution in [2.24, 2.45) is 0 Å². The summed E-state index contributed by atoms with van der Waals surface area (Å²) in [5.41, 5.74) is 0. The van der Waals surface area contributed by atoms with E-state index in [2.05, 4.69) is 19.2 Å². The minimum Gasteiger partial charge on any atom is -0.394 e. The molecule has 1 amide bonds. The zero-order valence-electron chi connectivity index (χ0n) is 46.6. The molecule has 0 aromatic rings. The lowest BCUT2D eigenvalue weighted by Crippen LogP contribution is -2.60. The molecular weight excluding hydrogens is 875 g/mol. The third-order valence-electron chi connectivity index (χ3n) is 15.5. The molecule has 0 saturated carbocycles. The van der Waals surface area contributed by atoms with Gasteiger partial charge in [0.05, 0.1) is 25.4 Å². The molecule has 7 atom stereocenters. The van der Waals surface area contributed by atoms with E-state index in [1.165, 1.54) is 263 Å². The molecule has 9 heteroatoms. The molecule has 1 saturated heterocycles. The molecular formula is C61H121NO8. The van der Waals surface area contributed by atoms with Gasteiger partial charge >= 0.3 is 0 Å². The lowest BCUT2D eigenvalue weighted by atomic mass is 9.99. The Morgan fingerprint density at radius 3 is 1.01 bits per heavy atom. The molecule has 0 aromatic heterocycles. The van der Waals surface area contributed by atoms with Crippen LogP contribution in [0.3, 0.4) is 0 Å². The highest BCUT2D eigenvalue weighted by Gasteiger charge is 2.44. The van der Waals surface area contributed by atoms with Crippen LogP contribution in [0.15, 0.2) is 0 Å². The average molecular weight is 997 g/mol. The molecule has 70 heavy (non-hydrogen) atoms. The Morgan fingerprint density at radius 1 is 0.429 bits per heavy atom. The maximum Gasteiger partial charge on any atom is 0.220 e. The van der Waals surface area contributed by atoms with Gasteiger partial charge in [0.25, 0.3) is 0 Å². The number of hydrogen-bond acceptors (Lipinski definition) is 8. The predicted octanol–water partition coefficient (Wildman–Crippen LogP) is 15.8. The summed E-state index contributed by atoms with van der Waals surface area (Å²) in [6, 6.07) is -0.713. The number of nitrogens with one attached hydrogen (secondary N) is 1. The Balaban J connectivity index is 2.06. The number of aliphatic hydroxyl groups excluding tert-OH is 5. The van der Waals surface area contributed by atoms with Gasteiger partial charge < -0.3 is 40.3 Å². The molecule has 0 bridgehead atoms. The van der Waals surface area contributed by atoms with Crippen LogP contribution >= 0.6 is 0 Å². The van der Waals surface area contributed by atoms with E-state index in [-0.39, 0.29) is 12.5 Å². The predicted molar refractivity (Wildman–Crippen MR) is 295 cm³/mol. The Hall–Kier alpha value is -0.810. The van der Waals surface area contributed by atoms with E-state index in [4.69, 9.17) is 9.47 Å². The first-order valence-corrected chi connectivity index (χ1v) is 31.2. The van der Waals surface area contributed by atoms with E-state index in [1.54, 1.807) is 0 Å². The summed E-state index contributed by atoms with van der Waals surface area (Å²) in [4.78, 5) is 13.1. The summed E-state index contributed by atoms with van der Waals surface area (Å²) in [5.74, 6) is -0.136. The first-order chi connectivity index (χ1) is 34.3. The fraction of sp³-hybridized carbons (Fsp3) is 0.984. The van der Waals surface area contributed by atoms with Crippen LogP contribution in [-0.4, -0.2) is 87.5 Å². The number of hydrogen-bond donors (Lipinski definition) is 6. The number of aliphatic hydroxyl groups is 5. The van der Waals surface area contributed by atoms with Crippen LogP contribution < -0.4 is 5.32 Å². The summed E-state index contributed by atoms with van der Waals surface area (Å²) in [6.07, 6.45) is 55.9. The Kier molecular flexibility index (Phi) is 49.6. The highest BCUT2D eigenvalue weighted by molar-refractivity contribution is 5.76. The van der Waals surface area contributed by atoms with Crippen molar-refractivity contribution in [1.29, 1.82) is 0 Å². The van der Waals surface area contributed by atoms with Gasteiger partial charge in [-0.2, -0.15) is 0 Å². The van der Waals surface area contributed by atoms with E-state index in [1.807, 2.05) is 0 Å². The number of amides is 1. The first-order valence-electron chi connectivity index (χ1n) is 31.2. The summed E-state index contributed by atoms with van der Waals surface area (Å²) in [5, 5.41) is 54.6. The van der Waals surface area contributed by atoms with Gasteiger partial charge in [0.1, 0.15) is 24.4 Å². The second kappa shape index (κ2) is 51.7. The zero-order valence-corrected chi connectivity index (χ0v) is 46.6. The van der Waals surface area contributed by atoms with Crippen molar-refractivity contribution < 1.29 is 39.8 Å². The summed E-state index contributed by atoms with van der Waals surface area (Å²) >= 11 is 0. The summed E-state index contributed by atoms with van der Waals surface area (Å²) in [7, 11) is 0. The van der Waals surface area contributed by atoms with Gasteiger partial charge in [0.2, 0.25) is 5.91 Å². The Morgan fingerprint density at radius 2 is 0.714 bits per heavy atom. The van der Waals surface area contributed by atoms with E-state index < -0.39 is 49.5 Å². The monoisotopic (exact) mass is 996 g/mol. The molecule has 2 unspecified atom stereocenters. The molecule has 0 aromatic carbocycles. The zero-order chi connectivity index (χ0) is 50.8. The van der Waals surface area contributed by atoms with Gasteiger partial charge in [0, 0.05) is 6.42 Å². The third-order valence-corrected chi connectivity index (χ3v) is 15.5. The molecule has 0 spiro atoms. The highest BCUT2D eigenvalue weighted by Crippen LogP contribution is 2.24. The number of carbonyl (C=O) groups excluding carboxylic acids is 1. The highest BCUT2D eigenvalue weighted by atomic mass is 16.7. The molecule has 6 N–H and O–H groups in total. The van der Waals surface area contributed by atoms with Crippen molar-refractivity contribution in [3.63, 3.8) is 0 Å². The smallest absolute Gasteiger partial charge is 0.220 e. The largest absolute Gasteiger partial charge is 0.394 e. The van der Waals surface area contributed by atoms with Crippen molar-refractivity contribution in [2.75, 3.05) is 13.2 Å². The van der Waals surface area contributed by atoms with Gasteiger partial charge in [-0.05, 0) is 12.8 Å². The van der Waals surface area contributed by atoms with E-state index in [0.717, 1.165) is 38.5 Å². The van der Waals surface area contributed by atoms with Crippen LogP contribution in [0.1, 0.15) is 328 Å². The fourth-order valence-electron chi connectivity index (χ4n) is 10.5. The van der Waals surface area contributed by atoms with Crippen LogP contribution in [0, 0.1) is 0 Å². The average Bonchev–Trinajstić information content (AvgIpc) is 3.36. The van der Waals surface area contributed by atoms with Crippen molar-refractivity contribution in [1.82, 2.24) is 5.32 Å². The van der Waals surface area contributed by atoms with Crippen LogP contribution in [0.5, 0.6) is 0 Å². The lowest BCUT2D eigenvalue weighted by molar-refractivity contribution is -0.302. The van der Waals surface area contributed by atoms with Gasteiger partial charge in [-0.15, -0.1) is 0 Å². The van der Waals surface area contributed by atoms with Crippen molar-refractivity contribution in [3.8, 4) is 0 Å². The molecule has 1 aliphatic heterocycles. The number of ether oxygens (including phenoxy) is 2. The van der Waals surface area contributed by atoms with E-state index >= 15 is 0 Å². The van der Waals surface area contributed by atoms with Crippen LogP contribution in [0.4, 0.5) is 0 Å². The van der Waals surface area contributed by atoms with Crippen LogP contribution in [0.25, 0.3) is 0 Å². The van der Waals surface area contributed by atoms with Crippen molar-refractivity contribution in [2.45, 2.75) is 371 Å². The molecule has 1 rings (SSSR count). The molecule has 1 heterocycles. The number of carbonyl (C=O) groups is 1. The summed E-state index contributed by atoms with van der Waals surface area (Å²) in [6.45, 7) is 3.88. The first kappa shape index (κ1) is 67.2. The van der Waals surface area contributed by atoms with Gasteiger partial charge in [-0.3, -0.25) is 4.79 Å². The fourth-order valence-corrected chi connectivity index (χ4v) is 10.5. The molecule has 0 radical (unpaired) electrons. The van der Waals surface area contributed by atoms with Crippen molar-refractivity contribution in [3.05, 3.63) is 0 Å². The standard InChI is InChI=1S/C61H121NO8/c1-3-5-7-9-11-13-15-17-19-20-21-22-23-24-25-26-27-28-29-30-31-32-33-34-35-36-37-39-41-43-45-47-49-51-57(65)62-54(53-69-61-60(68)59(67)58(66)56(52-63)70-61)55(64)50-48-46-44-42-40-38-18-16-14-12-10-8-6-4-2/h54-56,58-61,63-64,66-68H,3-53H2,1-2H3,(H,62,65)/t54-,55+,56+,58+,59?,60?,61+/m0/s1. The third kappa shape index (κ3) is 40.6. The van der Waals surface area contributed by atoms with Crippen LogP contribution in [0.2, 0.25) is 0 Å². The maximum absolute atomic E-state index is 13.1. The molecule has 418 valence electrons. The number of unbranched alkanes of at least 4 members (excludes halogenated alkanes) is 45. The normalized spacial score (nSPS) is 19.2. The molecule has 9 nitrogen and oxygen atoms in total. The SMILES string of the molecule is CCCCCCCCCCCCCCCCCCCCCCCCCCCCCCCCCCCC(=O)N[C@@H](CO[C@@H]1O[C@H](CO)[C@@H](O)C(O)C1O)[C@H](O)CCCCCCCCCCCCCCCC. The summed E-state index contributed by atoms with van der Waals surface area (Å²) < 4.78 is 11.3. The minimum atomic E-state index is -1.55. The Bertz CT molecular complexity index is 1060. The van der Waals surface area contributed by atoms with Crippen molar-refractivity contribution >= 4 is 5.91 Å². The van der Waals surface area contributed by atoms with E-state index in [0.29, 0.717) is 12.8 Å². The van der Waals surface area contributed by atoms with Crippen LogP contribution in [-0.2, 0) is 14.3 Å². The van der Waals surface area contributed by atoms with Gasteiger partial charge in [0.15, 0.2) is 6.29 Å². The van der Waals surface area contributed by atoms with Gasteiger partial charge in [-0.25, -0.2) is 0 Å². The topological polar surface area (TPSA) is 149 Å². The second-order valence-electron chi connectivity index (χ2n) is 22.2. The molecule has 0 aliphatic carbocycles. The Labute approximate surface area is 434 Å². The minimum absolute atomic E-state index is 0.131. The molecule has 1 fully saturated rings. The van der Waals surface area contributed by atoms with Gasteiger partial charge in [-0.1, -0.05) is 309 Å². The lowest BCUT2D eigenvalue weighted by Gasteiger charge is -2.40. The van der Waals surface area contributed by atoms with E-state index in [9.17, 15) is 30.3 Å². The quantitative estimate of drug-likeness (QED) is 0.0330. The maximum atomic E-state index is 13.1. The number of rotatable bonds is 55. The molecule has 1 aliphatic rings. The second-order valence-corrected chi connectivity index (χ2v) is 22.2.